The van der Waals surface area contributed by atoms with Gasteiger partial charge >= 0.3 is 12.1 Å². The minimum atomic E-state index is -0.184. The Labute approximate surface area is 210 Å². The zero-order valence-corrected chi connectivity index (χ0v) is 20.1. The van der Waals surface area contributed by atoms with Crippen LogP contribution in [0.1, 0.15) is 36.8 Å². The van der Waals surface area contributed by atoms with Gasteiger partial charge in [0.05, 0.1) is 0 Å². The number of carbonyl (C=O) groups is 2. The van der Waals surface area contributed by atoms with Crippen molar-refractivity contribution in [1.82, 2.24) is 21.3 Å². The third-order valence-corrected chi connectivity index (χ3v) is 6.77. The second-order valence-electron chi connectivity index (χ2n) is 9.40. The average Bonchev–Trinajstić information content (AvgIpc) is 3.57. The number of fused-ring (bicyclic) bond motifs is 2. The molecular weight excluding hydrogens is 464 g/mol. The summed E-state index contributed by atoms with van der Waals surface area (Å²) in [6, 6.07) is 10.9. The van der Waals surface area contributed by atoms with Crippen LogP contribution < -0.4 is 40.2 Å². The number of hydrogen-bond donors (Lipinski definition) is 4. The molecule has 0 spiro atoms. The van der Waals surface area contributed by atoms with Crippen molar-refractivity contribution in [2.45, 2.75) is 38.8 Å². The number of ether oxygens (including phenoxy) is 4. The van der Waals surface area contributed by atoms with Gasteiger partial charge in [0.2, 0.25) is 13.6 Å². The van der Waals surface area contributed by atoms with Crippen LogP contribution in [0.2, 0.25) is 0 Å². The number of carbonyl (C=O) groups excluding carboxylic acids is 2. The third-order valence-electron chi connectivity index (χ3n) is 6.77. The molecular formula is C26H32N4O6. The summed E-state index contributed by atoms with van der Waals surface area (Å²) in [6.45, 7) is 2.55. The van der Waals surface area contributed by atoms with E-state index >= 15 is 0 Å². The molecule has 2 aromatic carbocycles. The SMILES string of the molecule is O=C(NCc1ccc2c(c1)OCO2)NC[C@H]1CCC[C@@H](CNC(=O)NCc2ccc3c(c2)OCO3)C1. The Morgan fingerprint density at radius 3 is 1.64 bits per heavy atom. The van der Waals surface area contributed by atoms with Gasteiger partial charge in [-0.1, -0.05) is 18.6 Å². The fourth-order valence-corrected chi connectivity index (χ4v) is 4.84. The van der Waals surface area contributed by atoms with Crippen molar-refractivity contribution in [3.63, 3.8) is 0 Å². The number of amides is 4. The first-order chi connectivity index (χ1) is 17.6. The van der Waals surface area contributed by atoms with Crippen molar-refractivity contribution < 1.29 is 28.5 Å². The van der Waals surface area contributed by atoms with Gasteiger partial charge in [-0.15, -0.1) is 0 Å². The first-order valence-corrected chi connectivity index (χ1v) is 12.4. The van der Waals surface area contributed by atoms with Gasteiger partial charge in [0.25, 0.3) is 0 Å². The van der Waals surface area contributed by atoms with Crippen LogP contribution in [-0.2, 0) is 13.1 Å². The highest BCUT2D eigenvalue weighted by Crippen LogP contribution is 2.33. The largest absolute Gasteiger partial charge is 0.454 e. The molecule has 1 saturated carbocycles. The number of nitrogens with one attached hydrogen (secondary N) is 4. The molecule has 3 aliphatic rings. The molecule has 0 saturated heterocycles. The molecule has 0 unspecified atom stereocenters. The monoisotopic (exact) mass is 496 g/mol. The first kappa shape index (κ1) is 23.9. The number of hydrogen-bond acceptors (Lipinski definition) is 6. The van der Waals surface area contributed by atoms with Crippen molar-refractivity contribution in [2.75, 3.05) is 26.7 Å². The molecule has 192 valence electrons. The maximum Gasteiger partial charge on any atom is 0.315 e. The Morgan fingerprint density at radius 2 is 1.14 bits per heavy atom. The van der Waals surface area contributed by atoms with E-state index in [4.69, 9.17) is 18.9 Å². The van der Waals surface area contributed by atoms with Crippen LogP contribution in [0.3, 0.4) is 0 Å². The molecule has 1 aliphatic carbocycles. The maximum atomic E-state index is 12.3. The summed E-state index contributed by atoms with van der Waals surface area (Å²) in [5, 5.41) is 11.8. The fourth-order valence-electron chi connectivity index (χ4n) is 4.84. The zero-order valence-electron chi connectivity index (χ0n) is 20.1. The van der Waals surface area contributed by atoms with Gasteiger partial charge in [-0.05, 0) is 66.5 Å². The van der Waals surface area contributed by atoms with Crippen molar-refractivity contribution >= 4 is 12.1 Å². The molecule has 10 nitrogen and oxygen atoms in total. The number of rotatable bonds is 8. The van der Waals surface area contributed by atoms with E-state index in [1.807, 2.05) is 36.4 Å². The normalized spacial score (nSPS) is 19.4. The van der Waals surface area contributed by atoms with Gasteiger partial charge < -0.3 is 40.2 Å². The zero-order chi connectivity index (χ0) is 24.7. The minimum absolute atomic E-state index is 0.184. The minimum Gasteiger partial charge on any atom is -0.454 e. The van der Waals surface area contributed by atoms with Gasteiger partial charge in [-0.3, -0.25) is 0 Å². The summed E-state index contributed by atoms with van der Waals surface area (Å²) in [5.74, 6) is 3.67. The van der Waals surface area contributed by atoms with Crippen LogP contribution in [0.5, 0.6) is 23.0 Å². The first-order valence-electron chi connectivity index (χ1n) is 12.4. The second kappa shape index (κ2) is 11.3. The van der Waals surface area contributed by atoms with Crippen LogP contribution >= 0.6 is 0 Å². The molecule has 2 atom stereocenters. The lowest BCUT2D eigenvalue weighted by Crippen LogP contribution is -2.41. The Kier molecular flexibility index (Phi) is 7.49. The summed E-state index contributed by atoms with van der Waals surface area (Å²) in [4.78, 5) is 24.6. The molecule has 1 fully saturated rings. The van der Waals surface area contributed by atoms with Gasteiger partial charge in [-0.25, -0.2) is 9.59 Å². The Morgan fingerprint density at radius 1 is 0.667 bits per heavy atom. The summed E-state index contributed by atoms with van der Waals surface area (Å²) >= 11 is 0. The third kappa shape index (κ3) is 6.24. The standard InChI is InChI=1S/C26H32N4O6/c31-25(29-13-19-4-6-21-23(9-19)35-15-33-21)27-11-17-2-1-3-18(8-17)12-28-26(32)30-14-20-5-7-22-24(10-20)36-16-34-22/h4-7,9-10,17-18H,1-3,8,11-16H2,(H2,27,29,31)(H2,28,30,32)/t17-,18+. The van der Waals surface area contributed by atoms with Gasteiger partial charge in [-0.2, -0.15) is 0 Å². The quantitative estimate of drug-likeness (QED) is 0.446. The molecule has 36 heavy (non-hydrogen) atoms. The van der Waals surface area contributed by atoms with Crippen LogP contribution in [-0.4, -0.2) is 38.7 Å². The van der Waals surface area contributed by atoms with E-state index in [0.717, 1.165) is 48.3 Å². The Balaban J connectivity index is 0.972. The van der Waals surface area contributed by atoms with E-state index in [1.165, 1.54) is 0 Å². The summed E-state index contributed by atoms with van der Waals surface area (Å²) in [6.07, 6.45) is 4.23. The smallest absolute Gasteiger partial charge is 0.315 e. The summed E-state index contributed by atoms with van der Waals surface area (Å²) < 4.78 is 21.4. The Bertz CT molecular complexity index is 1010. The Hall–Kier alpha value is -3.82. The highest BCUT2D eigenvalue weighted by atomic mass is 16.7. The van der Waals surface area contributed by atoms with Gasteiger partial charge in [0.1, 0.15) is 0 Å². The van der Waals surface area contributed by atoms with Crippen molar-refractivity contribution in [1.29, 1.82) is 0 Å². The molecule has 4 amide bonds. The lowest BCUT2D eigenvalue weighted by molar-refractivity contribution is 0.173. The predicted molar refractivity (Wildman–Crippen MR) is 131 cm³/mol. The lowest BCUT2D eigenvalue weighted by atomic mass is 9.81. The highest BCUT2D eigenvalue weighted by Gasteiger charge is 2.23. The molecule has 2 aliphatic heterocycles. The molecule has 0 radical (unpaired) electrons. The number of benzene rings is 2. The lowest BCUT2D eigenvalue weighted by Gasteiger charge is -2.29. The van der Waals surface area contributed by atoms with Crippen molar-refractivity contribution in [2.24, 2.45) is 11.8 Å². The van der Waals surface area contributed by atoms with E-state index in [1.54, 1.807) is 0 Å². The maximum absolute atomic E-state index is 12.3. The van der Waals surface area contributed by atoms with Crippen LogP contribution in [0, 0.1) is 11.8 Å². The van der Waals surface area contributed by atoms with Crippen molar-refractivity contribution in [3.8, 4) is 23.0 Å². The van der Waals surface area contributed by atoms with E-state index in [2.05, 4.69) is 21.3 Å². The molecule has 0 aromatic heterocycles. The molecule has 10 heteroatoms. The topological polar surface area (TPSA) is 119 Å². The van der Waals surface area contributed by atoms with E-state index in [-0.39, 0.29) is 25.6 Å². The average molecular weight is 497 g/mol. The molecule has 0 bridgehead atoms. The van der Waals surface area contributed by atoms with Crippen LogP contribution in [0.4, 0.5) is 9.59 Å². The number of urea groups is 2. The highest BCUT2D eigenvalue weighted by molar-refractivity contribution is 5.74. The molecule has 2 heterocycles. The molecule has 5 rings (SSSR count). The van der Waals surface area contributed by atoms with Crippen molar-refractivity contribution in [3.05, 3.63) is 47.5 Å². The molecule has 2 aromatic rings. The van der Waals surface area contributed by atoms with E-state index < -0.39 is 0 Å². The summed E-state index contributed by atoms with van der Waals surface area (Å²) in [7, 11) is 0. The molecule has 4 N–H and O–H groups in total. The van der Waals surface area contributed by atoms with Crippen LogP contribution in [0.25, 0.3) is 0 Å². The summed E-state index contributed by atoms with van der Waals surface area (Å²) in [5.41, 5.74) is 1.91. The van der Waals surface area contributed by atoms with Crippen LogP contribution in [0.15, 0.2) is 36.4 Å². The second-order valence-corrected chi connectivity index (χ2v) is 9.40. The van der Waals surface area contributed by atoms with Gasteiger partial charge in [0, 0.05) is 26.2 Å². The fraction of sp³-hybridized carbons (Fsp3) is 0.462. The van der Waals surface area contributed by atoms with E-state index in [0.29, 0.717) is 49.5 Å². The van der Waals surface area contributed by atoms with E-state index in [9.17, 15) is 9.59 Å². The predicted octanol–water partition coefficient (Wildman–Crippen LogP) is 3.25. The van der Waals surface area contributed by atoms with Gasteiger partial charge in [0.15, 0.2) is 23.0 Å².